The molecule has 105 heavy (non-hydrogen) atoms. The lowest BCUT2D eigenvalue weighted by Crippen LogP contribution is -2.59. The number of hydrogen-bond acceptors (Lipinski definition) is 21. The van der Waals surface area contributed by atoms with E-state index in [4.69, 9.17) is 16.2 Å². The molecule has 1 aliphatic rings. The number of amides is 11. The van der Waals surface area contributed by atoms with Gasteiger partial charge in [-0.15, -0.1) is 0 Å². The van der Waals surface area contributed by atoms with Gasteiger partial charge in [0.1, 0.15) is 48.0 Å². The Kier molecular flexibility index (Phi) is 35.6. The minimum atomic E-state index is -1.46. The first-order valence-corrected chi connectivity index (χ1v) is 35.8. The van der Waals surface area contributed by atoms with Crippen LogP contribution in [0.5, 0.6) is 5.75 Å². The summed E-state index contributed by atoms with van der Waals surface area (Å²) in [7, 11) is 0. The van der Waals surface area contributed by atoms with Gasteiger partial charge in [0, 0.05) is 101 Å². The van der Waals surface area contributed by atoms with Crippen molar-refractivity contribution in [2.45, 2.75) is 122 Å². The van der Waals surface area contributed by atoms with Crippen molar-refractivity contribution in [3.63, 3.8) is 0 Å². The molecule has 5 rings (SSSR count). The highest BCUT2D eigenvalue weighted by Crippen LogP contribution is 2.20. The van der Waals surface area contributed by atoms with Crippen LogP contribution in [0.4, 0.5) is 0 Å². The zero-order valence-corrected chi connectivity index (χ0v) is 60.7. The number of H-pyrrole nitrogens is 2. The second-order valence-corrected chi connectivity index (χ2v) is 27.2. The average molecular weight is 1490 g/mol. The molecule has 1 unspecified atom stereocenters. The number of nitrogens with two attached hydrogens (primary N) is 2. The first kappa shape index (κ1) is 85.4. The highest BCUT2D eigenvalue weighted by Gasteiger charge is 2.34. The lowest BCUT2D eigenvalue weighted by atomic mass is 10.0. The number of nitrogens with one attached hydrogen (secondary N) is 11. The number of para-hydroxylation sites is 1. The fraction of sp³-hybridized carbons (Fsp3) is 0.544. The lowest BCUT2D eigenvalue weighted by Gasteiger charge is -2.32. The Hall–Kier alpha value is -10.2. The molecule has 1 saturated heterocycles. The van der Waals surface area contributed by atoms with Gasteiger partial charge in [0.2, 0.25) is 59.1 Å². The molecule has 11 amide bonds. The number of ether oxygens (including phenoxy) is 1. The predicted octanol–water partition coefficient (Wildman–Crippen LogP) is -3.42. The third kappa shape index (κ3) is 31.3. The Bertz CT molecular complexity index is 3570. The molecule has 37 heteroatoms. The van der Waals surface area contributed by atoms with Gasteiger partial charge < -0.3 is 89.3 Å². The van der Waals surface area contributed by atoms with Crippen LogP contribution in [0.15, 0.2) is 67.3 Å². The molecule has 0 spiro atoms. The van der Waals surface area contributed by atoms with Crippen LogP contribution in [-0.2, 0) is 86.5 Å². The number of benzene rings is 2. The quantitative estimate of drug-likeness (QED) is 0.0205. The summed E-state index contributed by atoms with van der Waals surface area (Å²) in [5.74, 6) is -11.7. The van der Waals surface area contributed by atoms with Gasteiger partial charge >= 0.3 is 17.9 Å². The molecule has 0 aliphatic carbocycles. The molecule has 3 heterocycles. The number of nitrogens with zero attached hydrogens (tertiary/aromatic N) is 5. The number of rotatable bonds is 42. The summed E-state index contributed by atoms with van der Waals surface area (Å²) in [6.07, 6.45) is 5.76. The van der Waals surface area contributed by atoms with E-state index in [9.17, 15) is 82.4 Å². The molecular weight excluding hydrogens is 1390 g/mol. The largest absolute Gasteiger partial charge is 0.484 e. The normalized spacial score (nSPS) is 15.5. The summed E-state index contributed by atoms with van der Waals surface area (Å²) in [6.45, 7) is 7.67. The Morgan fingerprint density at radius 2 is 1.10 bits per heavy atom. The van der Waals surface area contributed by atoms with Gasteiger partial charge in [0.25, 0.3) is 5.91 Å². The lowest BCUT2D eigenvalue weighted by molar-refractivity contribution is -0.140. The number of carboxylic acids is 3. The van der Waals surface area contributed by atoms with Crippen molar-refractivity contribution in [3.8, 4) is 5.75 Å². The summed E-state index contributed by atoms with van der Waals surface area (Å²) in [4.78, 5) is 201. The van der Waals surface area contributed by atoms with E-state index in [-0.39, 0.29) is 141 Å². The Balaban J connectivity index is 1.20. The van der Waals surface area contributed by atoms with E-state index in [1.165, 1.54) is 43.3 Å². The van der Waals surface area contributed by atoms with E-state index >= 15 is 0 Å². The number of carbonyl (C=O) groups excluding carboxylic acids is 11. The maximum Gasteiger partial charge on any atom is 0.317 e. The zero-order chi connectivity index (χ0) is 77.3. The fourth-order valence-corrected chi connectivity index (χ4v) is 11.7. The minimum absolute atomic E-state index is 0.0586. The van der Waals surface area contributed by atoms with Gasteiger partial charge in [-0.25, -0.2) is 4.98 Å². The van der Waals surface area contributed by atoms with Crippen LogP contribution < -0.4 is 64.1 Å². The van der Waals surface area contributed by atoms with Crippen LogP contribution in [0, 0.1) is 11.8 Å². The fourth-order valence-electron chi connectivity index (χ4n) is 11.2. The summed E-state index contributed by atoms with van der Waals surface area (Å²) in [5, 5.41) is 52.9. The van der Waals surface area contributed by atoms with Gasteiger partial charge in [0.15, 0.2) is 6.61 Å². The van der Waals surface area contributed by atoms with Crippen molar-refractivity contribution in [1.29, 1.82) is 0 Å². The molecule has 1 fully saturated rings. The van der Waals surface area contributed by atoms with E-state index in [1.54, 1.807) is 76.0 Å². The Labute approximate surface area is 611 Å². The molecule has 0 bridgehead atoms. The highest BCUT2D eigenvalue weighted by molar-refractivity contribution is 7.98. The molecule has 0 saturated carbocycles. The third-order valence-corrected chi connectivity index (χ3v) is 17.5. The first-order chi connectivity index (χ1) is 49.9. The number of primary amides is 2. The molecule has 7 atom stereocenters. The smallest absolute Gasteiger partial charge is 0.317 e. The average Bonchev–Trinajstić information content (AvgIpc) is 1.72. The minimum Gasteiger partial charge on any atom is -0.484 e. The third-order valence-electron chi connectivity index (χ3n) is 16.9. The topological polar surface area (TPSA) is 527 Å². The molecule has 2 aromatic heterocycles. The molecule has 576 valence electrons. The standard InChI is InChI=1S/C68H100N18O18S/c1-40(2)27-51(66(101)79-49(62(70)97)17-26-105-6)80-67(102)53(29-45-32-71-39-75-45)78-55(88)33-74-68(103)61(41(3)4)82-63(98)42(5)76-65(100)52(28-44-31-72-48-10-8-7-9-47(44)48)81-64(99)50(15-16-54(69)87)77-57(90)38-104-46-13-11-43(12-14-46)30-73-56(89)34-83-18-20-84(35-58(91)92)22-24-86(37-60(95)96)25-23-85(21-19-83)36-59(93)94/h7-14,31-32,39-42,49-53,61,72H,15-30,33-38H2,1-6H3,(H2,69,87)(H2,70,97)(H,71,75)(H,73,89)(H,74,103)(H,76,100)(H,77,90)(H,78,88)(H,79,101)(H,80,102)(H,81,99)(H,82,98)(H,91,92)(H,93,94)(H,95,96)/t42-,49-,50?,51-,52-,53-,61-/m0/s1. The number of fused-ring (bicyclic) bond motifs is 1. The number of aromatic amines is 2. The second kappa shape index (κ2) is 43.8. The van der Waals surface area contributed by atoms with E-state index in [0.29, 0.717) is 33.5 Å². The van der Waals surface area contributed by atoms with Gasteiger partial charge in [-0.2, -0.15) is 11.8 Å². The number of carboxylic acid groups (broad SMARTS) is 3. The molecule has 0 radical (unpaired) electrons. The predicted molar refractivity (Wildman–Crippen MR) is 384 cm³/mol. The number of aromatic nitrogens is 3. The Morgan fingerprint density at radius 3 is 1.64 bits per heavy atom. The molecule has 1 aliphatic heterocycles. The number of imidazole rings is 1. The van der Waals surface area contributed by atoms with Gasteiger partial charge in [0.05, 0.1) is 44.7 Å². The molecule has 4 aromatic rings. The van der Waals surface area contributed by atoms with Crippen LogP contribution in [0.3, 0.4) is 0 Å². The van der Waals surface area contributed by atoms with Crippen molar-refractivity contribution >= 4 is 106 Å². The number of hydrogen-bond donors (Lipinski definition) is 16. The van der Waals surface area contributed by atoms with Crippen molar-refractivity contribution in [3.05, 3.63) is 84.1 Å². The summed E-state index contributed by atoms with van der Waals surface area (Å²) >= 11 is 1.45. The molecule has 36 nitrogen and oxygen atoms in total. The van der Waals surface area contributed by atoms with E-state index < -0.39 is 138 Å². The van der Waals surface area contributed by atoms with Gasteiger partial charge in [-0.1, -0.05) is 58.0 Å². The van der Waals surface area contributed by atoms with Crippen LogP contribution in [0.2, 0.25) is 0 Å². The van der Waals surface area contributed by atoms with E-state index in [2.05, 4.69) is 62.8 Å². The summed E-state index contributed by atoms with van der Waals surface area (Å²) in [5.41, 5.74) is 13.3. The molecular formula is C68H100N18O18S. The van der Waals surface area contributed by atoms with Crippen LogP contribution in [0.1, 0.15) is 77.1 Å². The van der Waals surface area contributed by atoms with Crippen LogP contribution in [0.25, 0.3) is 10.9 Å². The second-order valence-electron chi connectivity index (χ2n) is 26.2. The SMILES string of the molecule is CSCC[C@H](NC(=O)[C@H](CC(C)C)NC(=O)[C@H](Cc1c[nH]cn1)NC(=O)CNC(=O)[C@@H](NC(=O)[C@H](C)NC(=O)[C@H](Cc1c[nH]c2ccccc12)NC(=O)C(CCC(N)=O)NC(=O)COc1ccc(CNC(=O)CN2CCN(CC(=O)O)CCN(CC(=O)O)CCN(CC(=O)O)CC2)cc1)C(C)C)C(N)=O. The van der Waals surface area contributed by atoms with E-state index in [1.807, 2.05) is 20.1 Å². The van der Waals surface area contributed by atoms with Crippen LogP contribution in [-0.4, -0.2) is 279 Å². The molecule has 2 aromatic carbocycles. The van der Waals surface area contributed by atoms with E-state index in [0.717, 1.165) is 0 Å². The van der Waals surface area contributed by atoms with Crippen molar-refractivity contribution in [2.75, 3.05) is 104 Å². The number of thioether (sulfide) groups is 1. The highest BCUT2D eigenvalue weighted by atomic mass is 32.2. The first-order valence-electron chi connectivity index (χ1n) is 34.4. The number of aliphatic carboxylic acids is 3. The number of carbonyl (C=O) groups is 14. The van der Waals surface area contributed by atoms with Crippen LogP contribution >= 0.6 is 11.8 Å². The monoisotopic (exact) mass is 1490 g/mol. The Morgan fingerprint density at radius 1 is 0.562 bits per heavy atom. The zero-order valence-electron chi connectivity index (χ0n) is 59.9. The van der Waals surface area contributed by atoms with Crippen molar-refractivity contribution in [1.82, 2.24) is 82.4 Å². The van der Waals surface area contributed by atoms with Crippen molar-refractivity contribution < 1.29 is 87.2 Å². The molecule has 18 N–H and O–H groups in total. The van der Waals surface area contributed by atoms with Gasteiger partial charge in [-0.3, -0.25) is 86.7 Å². The maximum atomic E-state index is 14.4. The maximum absolute atomic E-state index is 14.4. The summed E-state index contributed by atoms with van der Waals surface area (Å²) < 4.78 is 5.74. The summed E-state index contributed by atoms with van der Waals surface area (Å²) in [6, 6.07) is 4.42. The van der Waals surface area contributed by atoms with Gasteiger partial charge in [-0.05, 0) is 79.4 Å². The van der Waals surface area contributed by atoms with Crippen molar-refractivity contribution in [2.24, 2.45) is 23.3 Å².